The third kappa shape index (κ3) is 4.77. The van der Waals surface area contributed by atoms with Gasteiger partial charge in [-0.25, -0.2) is 9.37 Å². The lowest BCUT2D eigenvalue weighted by Crippen LogP contribution is -2.50. The van der Waals surface area contributed by atoms with Crippen molar-refractivity contribution in [3.05, 3.63) is 42.2 Å². The van der Waals surface area contributed by atoms with E-state index in [9.17, 15) is 9.18 Å². The molecule has 2 aliphatic heterocycles. The Morgan fingerprint density at radius 3 is 2.68 bits per heavy atom. The van der Waals surface area contributed by atoms with Gasteiger partial charge in [-0.3, -0.25) is 9.69 Å². The number of nitrogens with zero attached hydrogens (tertiary/aromatic N) is 3. The number of carbonyl (C=O) groups is 1. The van der Waals surface area contributed by atoms with Gasteiger partial charge in [0.15, 0.2) is 11.7 Å². The zero-order valence-corrected chi connectivity index (χ0v) is 16.0. The average Bonchev–Trinajstić information content (AvgIpc) is 3.39. The highest BCUT2D eigenvalue weighted by Gasteiger charge is 2.25. The minimum atomic E-state index is -0.287. The van der Waals surface area contributed by atoms with E-state index >= 15 is 0 Å². The smallest absolute Gasteiger partial charge is 0.223 e. The first-order valence-electron chi connectivity index (χ1n) is 10.00. The number of halogens is 1. The van der Waals surface area contributed by atoms with Crippen LogP contribution in [0.5, 0.6) is 0 Å². The Morgan fingerprint density at radius 2 is 1.96 bits per heavy atom. The quantitative estimate of drug-likeness (QED) is 0.763. The number of amides is 1. The maximum Gasteiger partial charge on any atom is 0.223 e. The van der Waals surface area contributed by atoms with Crippen LogP contribution in [-0.4, -0.2) is 66.1 Å². The molecule has 0 aliphatic carbocycles. The maximum absolute atomic E-state index is 13.0. The highest BCUT2D eigenvalue weighted by molar-refractivity contribution is 5.76. The number of aromatic nitrogens is 1. The molecular formula is C21H26FN3O3. The number of carbonyl (C=O) groups excluding carboxylic acids is 1. The van der Waals surface area contributed by atoms with Crippen LogP contribution in [0.2, 0.25) is 0 Å². The zero-order valence-electron chi connectivity index (χ0n) is 16.0. The lowest BCUT2D eigenvalue weighted by molar-refractivity contribution is -0.133. The molecule has 2 fully saturated rings. The van der Waals surface area contributed by atoms with Crippen molar-refractivity contribution in [3.8, 4) is 11.3 Å². The molecule has 3 heterocycles. The molecule has 2 aromatic rings. The van der Waals surface area contributed by atoms with E-state index < -0.39 is 0 Å². The fraction of sp³-hybridized carbons (Fsp3) is 0.524. The number of benzene rings is 1. The molecule has 2 saturated heterocycles. The number of rotatable bonds is 6. The van der Waals surface area contributed by atoms with Crippen LogP contribution in [0, 0.1) is 5.82 Å². The molecule has 7 heteroatoms. The van der Waals surface area contributed by atoms with E-state index in [1.54, 1.807) is 18.3 Å². The van der Waals surface area contributed by atoms with Crippen LogP contribution in [0.1, 0.15) is 25.2 Å². The van der Waals surface area contributed by atoms with Crippen LogP contribution in [-0.2, 0) is 16.0 Å². The summed E-state index contributed by atoms with van der Waals surface area (Å²) in [5, 5.41) is 0. The first-order valence-corrected chi connectivity index (χ1v) is 10.00. The summed E-state index contributed by atoms with van der Waals surface area (Å²) in [5.74, 6) is 0.970. The van der Waals surface area contributed by atoms with E-state index in [2.05, 4.69) is 9.88 Å². The van der Waals surface area contributed by atoms with E-state index in [1.807, 2.05) is 4.90 Å². The van der Waals surface area contributed by atoms with E-state index in [-0.39, 0.29) is 11.7 Å². The van der Waals surface area contributed by atoms with E-state index in [4.69, 9.17) is 9.15 Å². The topological polar surface area (TPSA) is 58.8 Å². The third-order valence-corrected chi connectivity index (χ3v) is 5.45. The molecule has 4 rings (SSSR count). The van der Waals surface area contributed by atoms with E-state index in [1.165, 1.54) is 12.1 Å². The second kappa shape index (κ2) is 8.84. The summed E-state index contributed by atoms with van der Waals surface area (Å²) >= 11 is 0. The minimum absolute atomic E-state index is 0.137. The van der Waals surface area contributed by atoms with Crippen molar-refractivity contribution in [2.75, 3.05) is 39.3 Å². The number of piperazine rings is 1. The fourth-order valence-electron chi connectivity index (χ4n) is 3.80. The van der Waals surface area contributed by atoms with E-state index in [0.717, 1.165) is 57.7 Å². The Hall–Kier alpha value is -2.25. The summed E-state index contributed by atoms with van der Waals surface area (Å²) in [6.45, 7) is 5.19. The SMILES string of the molecule is O=C(CCc1ncc(-c2ccc(F)cc2)o1)N1CCN(CC2CCCO2)CC1. The van der Waals surface area contributed by atoms with Crippen molar-refractivity contribution in [3.63, 3.8) is 0 Å². The summed E-state index contributed by atoms with van der Waals surface area (Å²) < 4.78 is 24.4. The van der Waals surface area contributed by atoms with Crippen LogP contribution < -0.4 is 0 Å². The van der Waals surface area contributed by atoms with Crippen molar-refractivity contribution in [1.29, 1.82) is 0 Å². The Bertz CT molecular complexity index is 778. The van der Waals surface area contributed by atoms with Gasteiger partial charge in [-0.05, 0) is 37.1 Å². The summed E-state index contributed by atoms with van der Waals surface area (Å²) in [6.07, 6.45) is 5.15. The van der Waals surface area contributed by atoms with Gasteiger partial charge in [0.05, 0.1) is 12.3 Å². The van der Waals surface area contributed by atoms with Gasteiger partial charge in [0, 0.05) is 57.7 Å². The lowest BCUT2D eigenvalue weighted by atomic mass is 10.2. The molecule has 0 N–H and O–H groups in total. The minimum Gasteiger partial charge on any atom is -0.441 e. The van der Waals surface area contributed by atoms with Gasteiger partial charge < -0.3 is 14.1 Å². The van der Waals surface area contributed by atoms with Crippen LogP contribution in [0.15, 0.2) is 34.9 Å². The highest BCUT2D eigenvalue weighted by Crippen LogP contribution is 2.21. The molecule has 1 unspecified atom stereocenters. The summed E-state index contributed by atoms with van der Waals surface area (Å²) in [6, 6.07) is 6.08. The van der Waals surface area contributed by atoms with Gasteiger partial charge in [0.1, 0.15) is 5.82 Å². The van der Waals surface area contributed by atoms with Crippen LogP contribution >= 0.6 is 0 Å². The van der Waals surface area contributed by atoms with E-state index in [0.29, 0.717) is 30.6 Å². The Labute approximate surface area is 164 Å². The van der Waals surface area contributed by atoms with Crippen molar-refractivity contribution >= 4 is 5.91 Å². The molecule has 0 bridgehead atoms. The largest absolute Gasteiger partial charge is 0.441 e. The molecule has 0 saturated carbocycles. The third-order valence-electron chi connectivity index (χ3n) is 5.45. The molecule has 28 heavy (non-hydrogen) atoms. The molecule has 0 spiro atoms. The summed E-state index contributed by atoms with van der Waals surface area (Å²) in [4.78, 5) is 21.1. The van der Waals surface area contributed by atoms with Gasteiger partial charge in [0.2, 0.25) is 5.91 Å². The maximum atomic E-state index is 13.0. The first kappa shape index (κ1) is 19.1. The molecule has 150 valence electrons. The first-order chi connectivity index (χ1) is 13.7. The predicted molar refractivity (Wildman–Crippen MR) is 102 cm³/mol. The normalized spacial score (nSPS) is 20.6. The molecule has 6 nitrogen and oxygen atoms in total. The van der Waals surface area contributed by atoms with Crippen molar-refractivity contribution in [2.24, 2.45) is 0 Å². The Kier molecular flexibility index (Phi) is 6.02. The molecular weight excluding hydrogens is 361 g/mol. The molecule has 0 radical (unpaired) electrons. The molecule has 2 aliphatic rings. The van der Waals surface area contributed by atoms with Gasteiger partial charge in [-0.15, -0.1) is 0 Å². The average molecular weight is 387 g/mol. The van der Waals surface area contributed by atoms with Gasteiger partial charge in [0.25, 0.3) is 0 Å². The van der Waals surface area contributed by atoms with Crippen molar-refractivity contribution in [2.45, 2.75) is 31.8 Å². The number of hydrogen-bond donors (Lipinski definition) is 0. The van der Waals surface area contributed by atoms with Crippen LogP contribution in [0.25, 0.3) is 11.3 Å². The second-order valence-corrected chi connectivity index (χ2v) is 7.44. The van der Waals surface area contributed by atoms with Gasteiger partial charge in [-0.1, -0.05) is 0 Å². The fourth-order valence-corrected chi connectivity index (χ4v) is 3.80. The van der Waals surface area contributed by atoms with Crippen LogP contribution in [0.3, 0.4) is 0 Å². The number of ether oxygens (including phenoxy) is 1. The van der Waals surface area contributed by atoms with Gasteiger partial charge in [-0.2, -0.15) is 0 Å². The summed E-state index contributed by atoms with van der Waals surface area (Å²) in [5.41, 5.74) is 0.772. The number of hydrogen-bond acceptors (Lipinski definition) is 5. The standard InChI is InChI=1S/C21H26FN3O3/c22-17-5-3-16(4-6-17)19-14-23-20(28-19)7-8-21(26)25-11-9-24(10-12-25)15-18-2-1-13-27-18/h3-6,14,18H,1-2,7-13,15H2. The molecule has 1 aromatic carbocycles. The Morgan fingerprint density at radius 1 is 1.18 bits per heavy atom. The zero-order chi connectivity index (χ0) is 19.3. The molecule has 1 amide bonds. The van der Waals surface area contributed by atoms with Crippen molar-refractivity contribution < 1.29 is 18.3 Å². The van der Waals surface area contributed by atoms with Crippen LogP contribution in [0.4, 0.5) is 4.39 Å². The summed E-state index contributed by atoms with van der Waals surface area (Å²) in [7, 11) is 0. The molecule has 1 atom stereocenters. The highest BCUT2D eigenvalue weighted by atomic mass is 19.1. The van der Waals surface area contributed by atoms with Crippen molar-refractivity contribution in [1.82, 2.24) is 14.8 Å². The molecule has 1 aromatic heterocycles. The van der Waals surface area contributed by atoms with Gasteiger partial charge >= 0.3 is 0 Å². The monoisotopic (exact) mass is 387 g/mol. The Balaban J connectivity index is 1.22. The second-order valence-electron chi connectivity index (χ2n) is 7.44. The predicted octanol–water partition coefficient (Wildman–Crippen LogP) is 2.74. The lowest BCUT2D eigenvalue weighted by Gasteiger charge is -2.35. The number of aryl methyl sites for hydroxylation is 1. The number of oxazole rings is 1.